The van der Waals surface area contributed by atoms with Crippen LogP contribution in [0.2, 0.25) is 5.02 Å². The van der Waals surface area contributed by atoms with Crippen LogP contribution in [0.4, 0.5) is 14.5 Å². The van der Waals surface area contributed by atoms with Crippen LogP contribution in [0.5, 0.6) is 5.75 Å². The largest absolute Gasteiger partial charge is 0.490 e. The summed E-state index contributed by atoms with van der Waals surface area (Å²) in [4.78, 5) is 11.1. The SMILES string of the molecule is NC(=O)c1cc(OCCOC(F)F)c(Cl)c(N(O)O)c1. The molecule has 1 aromatic rings. The summed E-state index contributed by atoms with van der Waals surface area (Å²) in [7, 11) is 0. The fourth-order valence-electron chi connectivity index (χ4n) is 1.26. The quantitative estimate of drug-likeness (QED) is 0.522. The molecular formula is C10H11ClF2N2O5. The van der Waals surface area contributed by atoms with E-state index in [4.69, 9.17) is 32.5 Å². The van der Waals surface area contributed by atoms with E-state index in [9.17, 15) is 13.6 Å². The van der Waals surface area contributed by atoms with Gasteiger partial charge in [0.2, 0.25) is 5.91 Å². The first-order valence-corrected chi connectivity index (χ1v) is 5.54. The van der Waals surface area contributed by atoms with Crippen molar-refractivity contribution in [3.63, 3.8) is 0 Å². The molecule has 0 atom stereocenters. The number of amides is 1. The first-order valence-electron chi connectivity index (χ1n) is 5.16. The number of carbonyl (C=O) groups is 1. The standard InChI is InChI=1S/C10H11ClF2N2O5/c11-8-6(15(17)18)3-5(9(14)16)4-7(8)19-1-2-20-10(12)13/h3-4,10,17-18H,1-2H2,(H2,14,16). The number of anilines is 1. The van der Waals surface area contributed by atoms with Crippen molar-refractivity contribution < 1.29 is 33.5 Å². The van der Waals surface area contributed by atoms with E-state index in [2.05, 4.69) is 4.74 Å². The molecule has 0 saturated heterocycles. The van der Waals surface area contributed by atoms with Crippen LogP contribution in [0.1, 0.15) is 10.4 Å². The first-order chi connectivity index (χ1) is 9.32. The molecule has 0 aliphatic rings. The first kappa shape index (κ1) is 16.4. The van der Waals surface area contributed by atoms with Gasteiger partial charge in [-0.1, -0.05) is 11.6 Å². The molecule has 20 heavy (non-hydrogen) atoms. The van der Waals surface area contributed by atoms with Gasteiger partial charge in [0.05, 0.1) is 6.61 Å². The summed E-state index contributed by atoms with van der Waals surface area (Å²) in [5.41, 5.74) is 4.59. The summed E-state index contributed by atoms with van der Waals surface area (Å²) >= 11 is 5.79. The van der Waals surface area contributed by atoms with Crippen LogP contribution < -0.4 is 15.7 Å². The van der Waals surface area contributed by atoms with Crippen molar-refractivity contribution in [2.24, 2.45) is 5.73 Å². The zero-order valence-corrected chi connectivity index (χ0v) is 10.7. The molecule has 0 aliphatic carbocycles. The van der Waals surface area contributed by atoms with E-state index < -0.39 is 19.1 Å². The van der Waals surface area contributed by atoms with Gasteiger partial charge < -0.3 is 15.2 Å². The third-order valence-corrected chi connectivity index (χ3v) is 2.48. The minimum Gasteiger partial charge on any atom is -0.490 e. The summed E-state index contributed by atoms with van der Waals surface area (Å²) in [6, 6.07) is 2.16. The van der Waals surface area contributed by atoms with Gasteiger partial charge >= 0.3 is 6.61 Å². The maximum absolute atomic E-state index is 11.7. The Hall–Kier alpha value is -1.68. The number of nitrogens with zero attached hydrogens (tertiary/aromatic N) is 1. The summed E-state index contributed by atoms with van der Waals surface area (Å²) in [6.07, 6.45) is 0. The normalized spacial score (nSPS) is 10.7. The monoisotopic (exact) mass is 312 g/mol. The predicted molar refractivity (Wildman–Crippen MR) is 63.5 cm³/mol. The van der Waals surface area contributed by atoms with Gasteiger partial charge in [-0.25, -0.2) is 0 Å². The third-order valence-electron chi connectivity index (χ3n) is 2.10. The molecule has 0 radical (unpaired) electrons. The Labute approximate surface area is 117 Å². The number of alkyl halides is 2. The van der Waals surface area contributed by atoms with Gasteiger partial charge in [-0.2, -0.15) is 8.78 Å². The van der Waals surface area contributed by atoms with Crippen LogP contribution in [-0.4, -0.2) is 36.1 Å². The minimum absolute atomic E-state index is 0.109. The second-order valence-corrected chi connectivity index (χ2v) is 3.82. The van der Waals surface area contributed by atoms with Crippen molar-refractivity contribution in [1.29, 1.82) is 0 Å². The number of hydrogen-bond donors (Lipinski definition) is 3. The molecule has 1 amide bonds. The second kappa shape index (κ2) is 7.20. The fraction of sp³-hybridized carbons (Fsp3) is 0.300. The van der Waals surface area contributed by atoms with Gasteiger partial charge in [0, 0.05) is 5.56 Å². The van der Waals surface area contributed by atoms with Crippen LogP contribution in [-0.2, 0) is 4.74 Å². The predicted octanol–water partition coefficient (Wildman–Crippen LogP) is 1.64. The molecule has 0 aromatic heterocycles. The number of benzene rings is 1. The summed E-state index contributed by atoms with van der Waals surface area (Å²) in [5.74, 6) is -0.998. The van der Waals surface area contributed by atoms with Crippen LogP contribution in [0.15, 0.2) is 12.1 Å². The summed E-state index contributed by atoms with van der Waals surface area (Å²) < 4.78 is 32.5. The molecule has 0 heterocycles. The molecular weight excluding hydrogens is 302 g/mol. The van der Waals surface area contributed by atoms with E-state index in [1.807, 2.05) is 0 Å². The van der Waals surface area contributed by atoms with E-state index >= 15 is 0 Å². The third kappa shape index (κ3) is 4.46. The fourth-order valence-corrected chi connectivity index (χ4v) is 1.50. The Morgan fingerprint density at radius 3 is 2.55 bits per heavy atom. The highest BCUT2D eigenvalue weighted by Crippen LogP contribution is 2.35. The highest BCUT2D eigenvalue weighted by atomic mass is 35.5. The second-order valence-electron chi connectivity index (χ2n) is 3.44. The summed E-state index contributed by atoms with van der Waals surface area (Å²) in [5, 5.41) is 17.3. The van der Waals surface area contributed by atoms with Crippen LogP contribution >= 0.6 is 11.6 Å². The lowest BCUT2D eigenvalue weighted by atomic mass is 10.2. The van der Waals surface area contributed by atoms with E-state index in [1.165, 1.54) is 0 Å². The molecule has 112 valence electrons. The lowest BCUT2D eigenvalue weighted by Gasteiger charge is -2.15. The molecule has 0 unspecified atom stereocenters. The van der Waals surface area contributed by atoms with Gasteiger partial charge in [0.15, 0.2) is 0 Å². The Kier molecular flexibility index (Phi) is 5.89. The maximum atomic E-state index is 11.7. The Morgan fingerprint density at radius 2 is 2.05 bits per heavy atom. The molecule has 4 N–H and O–H groups in total. The zero-order valence-electron chi connectivity index (χ0n) is 9.92. The molecule has 0 aliphatic heterocycles. The van der Waals surface area contributed by atoms with Crippen molar-refractivity contribution in [1.82, 2.24) is 0 Å². The maximum Gasteiger partial charge on any atom is 0.345 e. The molecule has 0 spiro atoms. The van der Waals surface area contributed by atoms with Crippen LogP contribution in [0.3, 0.4) is 0 Å². The van der Waals surface area contributed by atoms with Gasteiger partial charge in [0.25, 0.3) is 0 Å². The molecule has 0 fully saturated rings. The highest BCUT2D eigenvalue weighted by Gasteiger charge is 2.16. The average Bonchev–Trinajstić information content (AvgIpc) is 2.35. The number of hydrogen-bond acceptors (Lipinski definition) is 6. The number of halogens is 3. The van der Waals surface area contributed by atoms with Gasteiger partial charge in [0.1, 0.15) is 23.1 Å². The van der Waals surface area contributed by atoms with E-state index in [0.717, 1.165) is 12.1 Å². The number of nitrogens with two attached hydrogens (primary N) is 1. The Bertz CT molecular complexity index is 487. The van der Waals surface area contributed by atoms with Gasteiger partial charge in [-0.15, -0.1) is 5.23 Å². The molecule has 1 rings (SSSR count). The molecule has 10 heteroatoms. The molecule has 0 bridgehead atoms. The molecule has 7 nitrogen and oxygen atoms in total. The van der Waals surface area contributed by atoms with Crippen molar-refractivity contribution >= 4 is 23.2 Å². The molecule has 1 aromatic carbocycles. The number of primary amides is 1. The van der Waals surface area contributed by atoms with Crippen LogP contribution in [0, 0.1) is 0 Å². The Balaban J connectivity index is 2.90. The average molecular weight is 313 g/mol. The number of ether oxygens (including phenoxy) is 2. The minimum atomic E-state index is -2.94. The van der Waals surface area contributed by atoms with E-state index in [0.29, 0.717) is 0 Å². The Morgan fingerprint density at radius 1 is 1.40 bits per heavy atom. The van der Waals surface area contributed by atoms with Crippen molar-refractivity contribution in [2.45, 2.75) is 6.61 Å². The van der Waals surface area contributed by atoms with Crippen molar-refractivity contribution in [3.8, 4) is 5.75 Å². The van der Waals surface area contributed by atoms with Crippen molar-refractivity contribution in [3.05, 3.63) is 22.7 Å². The van der Waals surface area contributed by atoms with Crippen LogP contribution in [0.25, 0.3) is 0 Å². The highest BCUT2D eigenvalue weighted by molar-refractivity contribution is 6.34. The van der Waals surface area contributed by atoms with Crippen molar-refractivity contribution in [2.75, 3.05) is 18.4 Å². The number of carbonyl (C=O) groups excluding carboxylic acids is 1. The van der Waals surface area contributed by atoms with Gasteiger partial charge in [-0.05, 0) is 12.1 Å². The lowest BCUT2D eigenvalue weighted by molar-refractivity contribution is -0.133. The topological polar surface area (TPSA) is 105 Å². The molecule has 0 saturated carbocycles. The zero-order chi connectivity index (χ0) is 15.3. The number of rotatable bonds is 7. The lowest BCUT2D eigenvalue weighted by Crippen LogP contribution is -2.17. The van der Waals surface area contributed by atoms with E-state index in [-0.39, 0.29) is 33.9 Å². The summed E-state index contributed by atoms with van der Waals surface area (Å²) in [6.45, 7) is -3.65. The smallest absolute Gasteiger partial charge is 0.345 e. The van der Waals surface area contributed by atoms with Gasteiger partial charge in [-0.3, -0.25) is 15.2 Å². The van der Waals surface area contributed by atoms with E-state index in [1.54, 1.807) is 0 Å².